The van der Waals surface area contributed by atoms with Gasteiger partial charge in [0.1, 0.15) is 43.4 Å². The van der Waals surface area contributed by atoms with Crippen LogP contribution in [0.3, 0.4) is 0 Å². The smallest absolute Gasteiger partial charge is 0.414 e. The first-order chi connectivity index (χ1) is 34.4. The van der Waals surface area contributed by atoms with Crippen molar-refractivity contribution in [2.24, 2.45) is 22.7 Å². The van der Waals surface area contributed by atoms with Crippen LogP contribution in [0, 0.1) is 17.8 Å². The molecule has 2 aromatic rings. The highest BCUT2D eigenvalue weighted by Crippen LogP contribution is 2.23. The molecule has 1 unspecified atom stereocenters. The molecule has 1 aliphatic heterocycles. The first-order valence-electron chi connectivity index (χ1n) is 25.2. The van der Waals surface area contributed by atoms with Crippen molar-refractivity contribution in [1.82, 2.24) is 36.8 Å². The average molecular weight is 1010 g/mol. The van der Waals surface area contributed by atoms with E-state index in [-0.39, 0.29) is 25.6 Å². The van der Waals surface area contributed by atoms with E-state index in [4.69, 9.17) is 14.2 Å². The predicted octanol–water partition coefficient (Wildman–Crippen LogP) is 5.34. The molecule has 72 heavy (non-hydrogen) atoms. The van der Waals surface area contributed by atoms with Crippen molar-refractivity contribution in [2.75, 3.05) is 26.7 Å². The van der Waals surface area contributed by atoms with E-state index < -0.39 is 115 Å². The zero-order valence-electron chi connectivity index (χ0n) is 43.0. The van der Waals surface area contributed by atoms with Crippen LogP contribution in [0.4, 0.5) is 9.59 Å². The Morgan fingerprint density at radius 3 is 1.97 bits per heavy atom. The van der Waals surface area contributed by atoms with Crippen molar-refractivity contribution in [3.05, 3.63) is 71.8 Å². The summed E-state index contributed by atoms with van der Waals surface area (Å²) in [5.41, 5.74) is 1.39. The fraction of sp³-hybridized carbons (Fsp3) is 0.596. The number of hydrogen-bond acceptors (Lipinski definition) is 12. The number of benzene rings is 2. The molecule has 0 spiro atoms. The number of likely N-dealkylation sites (N-methyl/N-ethyl adjacent to an activating group) is 1. The molecule has 1 saturated heterocycles. The third-order valence-corrected chi connectivity index (χ3v) is 12.3. The summed E-state index contributed by atoms with van der Waals surface area (Å²) in [5.74, 6) is -6.78. The van der Waals surface area contributed by atoms with Crippen molar-refractivity contribution in [3.8, 4) is 0 Å². The van der Waals surface area contributed by atoms with Gasteiger partial charge >= 0.3 is 18.2 Å². The van der Waals surface area contributed by atoms with Crippen molar-refractivity contribution in [3.63, 3.8) is 0 Å². The van der Waals surface area contributed by atoms with Crippen LogP contribution in [-0.4, -0.2) is 121 Å². The van der Waals surface area contributed by atoms with Crippen molar-refractivity contribution in [1.29, 1.82) is 0 Å². The van der Waals surface area contributed by atoms with E-state index in [0.29, 0.717) is 24.8 Å². The monoisotopic (exact) mass is 1010 g/mol. The van der Waals surface area contributed by atoms with Crippen LogP contribution in [0.5, 0.6) is 0 Å². The number of unbranched alkanes of at least 4 members (excludes halogenated alkanes) is 7. The Balaban J connectivity index is 2.07. The van der Waals surface area contributed by atoms with Gasteiger partial charge < -0.3 is 45.5 Å². The van der Waals surface area contributed by atoms with Gasteiger partial charge in [0.15, 0.2) is 0 Å². The molecule has 1 fully saturated rings. The van der Waals surface area contributed by atoms with Crippen LogP contribution < -0.4 is 31.9 Å². The van der Waals surface area contributed by atoms with E-state index in [0.717, 1.165) is 44.1 Å². The van der Waals surface area contributed by atoms with E-state index in [9.17, 15) is 43.5 Å². The van der Waals surface area contributed by atoms with Gasteiger partial charge in [-0.15, -0.1) is 0 Å². The highest BCUT2D eigenvalue weighted by atomic mass is 16.6. The summed E-state index contributed by atoms with van der Waals surface area (Å²) in [6.45, 7) is 9.15. The van der Waals surface area contributed by atoms with Gasteiger partial charge in [-0.1, -0.05) is 154 Å². The number of rotatable bonds is 21. The number of ether oxygens (including phenoxy) is 3. The standard InChI is InChI=1S/C52H78N8O12/c1-8-10-11-12-13-14-15-22-27-42-36(6)49(66)60(7)41(28-34(3)4)47(64)57-44(35(5)9-2)48(65)56-40(33-70-31-37-23-18-16-19-24-37)46(63)55-39(45(62)53-30-43(61)72-42)29-54-50(58-51(67)68)59-52(69)71-32-38-25-20-17-21-26-38/h16-21,23-26,34-36,39-42,44H,8-15,22,27-33H2,1-7H3,(H,53,62)(H,55,63)(H,56,65)(H,57,64)(H,67,68)(H2,54,58,59,69)/t35?,36-,39+,40+,41+,42-,44+/m1/s1. The second-order valence-corrected chi connectivity index (χ2v) is 18.7. The van der Waals surface area contributed by atoms with E-state index in [1.807, 2.05) is 32.2 Å². The minimum Gasteiger partial charge on any atom is -0.465 e. The molecule has 7 N–H and O–H groups in total. The number of carbonyl (C=O) groups excluding carboxylic acids is 7. The summed E-state index contributed by atoms with van der Waals surface area (Å²) < 4.78 is 17.1. The number of carboxylic acid groups (broad SMARTS) is 1. The minimum absolute atomic E-state index is 0.0221. The molecular weight excluding hydrogens is 929 g/mol. The number of guanidine groups is 1. The highest BCUT2D eigenvalue weighted by molar-refractivity contribution is 6.01. The summed E-state index contributed by atoms with van der Waals surface area (Å²) in [4.78, 5) is 115. The van der Waals surface area contributed by atoms with Gasteiger partial charge in [-0.25, -0.2) is 14.6 Å². The van der Waals surface area contributed by atoms with Crippen molar-refractivity contribution < 1.29 is 57.7 Å². The Labute approximate surface area is 423 Å². The van der Waals surface area contributed by atoms with E-state index >= 15 is 0 Å². The molecule has 398 valence electrons. The molecule has 1 aliphatic rings. The molecule has 0 radical (unpaired) electrons. The van der Waals surface area contributed by atoms with Gasteiger partial charge in [0.05, 0.1) is 25.7 Å². The van der Waals surface area contributed by atoms with Gasteiger partial charge in [-0.3, -0.25) is 39.4 Å². The number of cyclic esters (lactones) is 1. The quantitative estimate of drug-likeness (QED) is 0.0362. The fourth-order valence-corrected chi connectivity index (χ4v) is 7.89. The minimum atomic E-state index is -1.68. The Bertz CT molecular complexity index is 2070. The van der Waals surface area contributed by atoms with Gasteiger partial charge in [0.2, 0.25) is 35.5 Å². The molecule has 7 amide bonds. The lowest BCUT2D eigenvalue weighted by Gasteiger charge is -2.34. The molecule has 20 heteroatoms. The lowest BCUT2D eigenvalue weighted by Crippen LogP contribution is -2.61. The average Bonchev–Trinajstić information content (AvgIpc) is 3.36. The Kier molecular flexibility index (Phi) is 26.9. The predicted molar refractivity (Wildman–Crippen MR) is 270 cm³/mol. The molecule has 2 aromatic carbocycles. The number of esters is 1. The number of hydrogen-bond donors (Lipinski definition) is 7. The van der Waals surface area contributed by atoms with Gasteiger partial charge in [-0.2, -0.15) is 0 Å². The molecule has 7 atom stereocenters. The van der Waals surface area contributed by atoms with Crippen LogP contribution in [0.2, 0.25) is 0 Å². The van der Waals surface area contributed by atoms with Crippen LogP contribution in [0.25, 0.3) is 0 Å². The molecule has 0 bridgehead atoms. The van der Waals surface area contributed by atoms with Crippen molar-refractivity contribution >= 4 is 53.7 Å². The zero-order valence-corrected chi connectivity index (χ0v) is 43.0. The van der Waals surface area contributed by atoms with Crippen LogP contribution in [0.1, 0.15) is 123 Å². The molecular formula is C52H78N8O12. The summed E-state index contributed by atoms with van der Waals surface area (Å²) in [6.07, 6.45) is 5.29. The van der Waals surface area contributed by atoms with Gasteiger partial charge in [0.25, 0.3) is 0 Å². The number of carbonyl (C=O) groups is 8. The summed E-state index contributed by atoms with van der Waals surface area (Å²) in [7, 11) is 1.51. The molecule has 0 aliphatic carbocycles. The lowest BCUT2D eigenvalue weighted by atomic mass is 9.94. The van der Waals surface area contributed by atoms with Crippen LogP contribution >= 0.6 is 0 Å². The first-order valence-corrected chi connectivity index (χ1v) is 25.2. The SMILES string of the molecule is CCCCCCCCCC[C@H]1OC(=O)CNC(=O)[C@H](CN=C(NC(=O)O)NC(=O)OCc2ccccc2)NC(=O)[C@H](COCc2ccccc2)NC(=O)[C@H](C(C)CC)NC(=O)[C@H](CC(C)C)N(C)C(=O)[C@@H]1C. The third-order valence-electron chi connectivity index (χ3n) is 12.3. The number of alkyl carbamates (subject to hydrolysis) is 1. The normalized spacial score (nSPS) is 21.4. The highest BCUT2D eigenvalue weighted by Gasteiger charge is 2.38. The summed E-state index contributed by atoms with van der Waals surface area (Å²) >= 11 is 0. The van der Waals surface area contributed by atoms with Crippen LogP contribution in [-0.2, 0) is 56.2 Å². The third kappa shape index (κ3) is 21.8. The molecule has 1 heterocycles. The Hall–Kier alpha value is -6.57. The number of nitrogens with zero attached hydrogens (tertiary/aromatic N) is 2. The summed E-state index contributed by atoms with van der Waals surface area (Å²) in [6, 6.07) is 12.2. The maximum absolute atomic E-state index is 14.4. The van der Waals surface area contributed by atoms with Gasteiger partial charge in [-0.05, 0) is 42.2 Å². The van der Waals surface area contributed by atoms with Gasteiger partial charge in [0, 0.05) is 7.05 Å². The lowest BCUT2D eigenvalue weighted by molar-refractivity contribution is -0.157. The zero-order chi connectivity index (χ0) is 53.0. The Morgan fingerprint density at radius 2 is 1.38 bits per heavy atom. The molecule has 3 rings (SSSR count). The first kappa shape index (κ1) is 59.7. The van der Waals surface area contributed by atoms with Crippen LogP contribution in [0.15, 0.2) is 65.7 Å². The molecule has 0 aromatic heterocycles. The summed E-state index contributed by atoms with van der Waals surface area (Å²) in [5, 5.41) is 24.3. The van der Waals surface area contributed by atoms with E-state index in [1.165, 1.54) is 18.4 Å². The molecule has 0 saturated carbocycles. The maximum Gasteiger partial charge on any atom is 0.414 e. The second kappa shape index (κ2) is 32.4. The van der Waals surface area contributed by atoms with E-state index in [1.54, 1.807) is 68.4 Å². The largest absolute Gasteiger partial charge is 0.465 e. The second-order valence-electron chi connectivity index (χ2n) is 18.7. The Morgan fingerprint density at radius 1 is 0.778 bits per heavy atom. The number of aliphatic imine (C=N–C) groups is 1. The van der Waals surface area contributed by atoms with Crippen molar-refractivity contribution in [2.45, 2.75) is 156 Å². The number of nitrogens with one attached hydrogen (secondary N) is 6. The fourth-order valence-electron chi connectivity index (χ4n) is 7.89. The number of amides is 7. The maximum atomic E-state index is 14.4. The topological polar surface area (TPSA) is 272 Å². The van der Waals surface area contributed by atoms with E-state index in [2.05, 4.69) is 38.5 Å². The molecule has 20 nitrogen and oxygen atoms in total.